The number of fused-ring (bicyclic) bond motifs is 1. The molecule has 1 amide bonds. The summed E-state index contributed by atoms with van der Waals surface area (Å²) >= 11 is 0. The first kappa shape index (κ1) is 17.7. The largest absolute Gasteiger partial charge is 0.490 e. The quantitative estimate of drug-likeness (QED) is 0.759. The van der Waals surface area contributed by atoms with Gasteiger partial charge in [0, 0.05) is 17.8 Å². The van der Waals surface area contributed by atoms with Crippen LogP contribution in [0.2, 0.25) is 0 Å². The zero-order valence-corrected chi connectivity index (χ0v) is 13.4. The lowest BCUT2D eigenvalue weighted by Gasteiger charge is -2.14. The van der Waals surface area contributed by atoms with Gasteiger partial charge < -0.3 is 15.4 Å². The van der Waals surface area contributed by atoms with Gasteiger partial charge in [0.15, 0.2) is 9.84 Å². The summed E-state index contributed by atoms with van der Waals surface area (Å²) in [7, 11) is -3.72. The van der Waals surface area contributed by atoms with Gasteiger partial charge in [-0.05, 0) is 31.2 Å². The van der Waals surface area contributed by atoms with E-state index in [9.17, 15) is 31.2 Å². The molecule has 2 N–H and O–H groups in total. The van der Waals surface area contributed by atoms with E-state index in [2.05, 4.69) is 15.4 Å². The number of carbonyl (C=O) groups excluding carboxylic acids is 2. The van der Waals surface area contributed by atoms with Crippen LogP contribution in [0.25, 0.3) is 0 Å². The van der Waals surface area contributed by atoms with E-state index in [1.54, 1.807) is 0 Å². The third-order valence-corrected chi connectivity index (χ3v) is 6.23. The summed E-state index contributed by atoms with van der Waals surface area (Å²) in [5, 5.41) is 4.52. The number of alkyl halides is 3. The van der Waals surface area contributed by atoms with E-state index in [-0.39, 0.29) is 22.7 Å². The minimum atomic E-state index is -5.26. The number of nitrogens with one attached hydrogen (secondary N) is 2. The Bertz CT molecular complexity index is 831. The van der Waals surface area contributed by atoms with Crippen LogP contribution in [-0.2, 0) is 24.2 Å². The summed E-state index contributed by atoms with van der Waals surface area (Å²) in [5.74, 6) is -3.49. The van der Waals surface area contributed by atoms with E-state index >= 15 is 0 Å². The maximum absolute atomic E-state index is 12.6. The summed E-state index contributed by atoms with van der Waals surface area (Å²) in [6.45, 7) is 0.809. The number of hydrogen-bond acceptors (Lipinski definition) is 6. The number of amides is 1. The zero-order chi connectivity index (χ0) is 18.4. The molecule has 0 radical (unpaired) electrons. The molecule has 3 rings (SSSR count). The van der Waals surface area contributed by atoms with Crippen molar-refractivity contribution in [2.24, 2.45) is 0 Å². The number of esters is 1. The fraction of sp³-hybridized carbons (Fsp3) is 0.429. The van der Waals surface area contributed by atoms with Gasteiger partial charge in [-0.2, -0.15) is 13.2 Å². The number of ether oxygens (including phenoxy) is 1. The highest BCUT2D eigenvalue weighted by Gasteiger charge is 2.45. The van der Waals surface area contributed by atoms with Gasteiger partial charge in [0.05, 0.1) is 10.1 Å². The Balaban J connectivity index is 1.94. The molecule has 2 aliphatic rings. The fourth-order valence-electron chi connectivity index (χ4n) is 2.76. The van der Waals surface area contributed by atoms with Crippen LogP contribution in [0, 0.1) is 0 Å². The van der Waals surface area contributed by atoms with E-state index in [0.717, 1.165) is 6.07 Å². The van der Waals surface area contributed by atoms with Crippen LogP contribution >= 0.6 is 0 Å². The summed E-state index contributed by atoms with van der Waals surface area (Å²) in [6, 6.07) is 3.61. The Morgan fingerprint density at radius 1 is 1.28 bits per heavy atom. The van der Waals surface area contributed by atoms with Crippen molar-refractivity contribution in [3.63, 3.8) is 0 Å². The summed E-state index contributed by atoms with van der Waals surface area (Å²) in [5.41, 5.74) is -0.0110. The second-order valence-electron chi connectivity index (χ2n) is 5.68. The lowest BCUT2D eigenvalue weighted by Crippen LogP contribution is -2.29. The SMILES string of the molecule is O=C1Nc2ccc(S(=O)(=O)C3CCNC3)cc2[C@H]1OC(=O)C(F)(F)F. The fourth-order valence-corrected chi connectivity index (χ4v) is 4.46. The average molecular weight is 378 g/mol. The topological polar surface area (TPSA) is 102 Å². The van der Waals surface area contributed by atoms with Gasteiger partial charge in [-0.3, -0.25) is 4.79 Å². The Kier molecular flexibility index (Phi) is 4.23. The molecule has 0 aliphatic carbocycles. The summed E-state index contributed by atoms with van der Waals surface area (Å²) < 4.78 is 66.5. The number of hydrogen-bond donors (Lipinski definition) is 2. The predicted molar refractivity (Wildman–Crippen MR) is 78.4 cm³/mol. The van der Waals surface area contributed by atoms with Crippen molar-refractivity contribution in [1.29, 1.82) is 0 Å². The molecule has 1 saturated heterocycles. The number of carbonyl (C=O) groups is 2. The van der Waals surface area contributed by atoms with Gasteiger partial charge >= 0.3 is 12.1 Å². The van der Waals surface area contributed by atoms with Crippen LogP contribution in [0.5, 0.6) is 0 Å². The molecule has 0 spiro atoms. The third-order valence-electron chi connectivity index (χ3n) is 4.04. The van der Waals surface area contributed by atoms with E-state index in [1.807, 2.05) is 0 Å². The number of rotatable bonds is 3. The minimum Gasteiger partial charge on any atom is -0.441 e. The first-order valence-corrected chi connectivity index (χ1v) is 8.82. The van der Waals surface area contributed by atoms with Gasteiger partial charge in [-0.25, -0.2) is 13.2 Å². The van der Waals surface area contributed by atoms with Crippen LogP contribution in [0.4, 0.5) is 18.9 Å². The molecule has 1 aromatic rings. The van der Waals surface area contributed by atoms with Gasteiger partial charge in [0.2, 0.25) is 6.10 Å². The molecule has 136 valence electrons. The monoisotopic (exact) mass is 378 g/mol. The van der Waals surface area contributed by atoms with Crippen molar-refractivity contribution >= 4 is 27.4 Å². The molecule has 2 aliphatic heterocycles. The molecule has 7 nitrogen and oxygen atoms in total. The number of sulfone groups is 1. The highest BCUT2D eigenvalue weighted by Crippen LogP contribution is 2.37. The minimum absolute atomic E-state index is 0.105. The molecule has 2 atom stereocenters. The van der Waals surface area contributed by atoms with Crippen molar-refractivity contribution < 1.29 is 35.9 Å². The second kappa shape index (κ2) is 5.99. The molecule has 1 aromatic carbocycles. The number of anilines is 1. The van der Waals surface area contributed by atoms with Gasteiger partial charge in [-0.15, -0.1) is 0 Å². The smallest absolute Gasteiger partial charge is 0.441 e. The van der Waals surface area contributed by atoms with Crippen molar-refractivity contribution in [2.45, 2.75) is 28.8 Å². The maximum Gasteiger partial charge on any atom is 0.490 e. The van der Waals surface area contributed by atoms with E-state index in [0.29, 0.717) is 13.0 Å². The molecule has 0 bridgehead atoms. The van der Waals surface area contributed by atoms with Crippen LogP contribution in [0.15, 0.2) is 23.1 Å². The van der Waals surface area contributed by atoms with Crippen LogP contribution < -0.4 is 10.6 Å². The standard InChI is InChI=1S/C14H13F3N2O5S/c15-14(16,17)13(21)24-11-9-5-7(1-2-10(9)19-12(11)20)25(22,23)8-3-4-18-6-8/h1-2,5,8,11,18H,3-4,6H2,(H,19,20)/t8?,11-/m1/s1. The van der Waals surface area contributed by atoms with E-state index in [4.69, 9.17) is 0 Å². The Morgan fingerprint density at radius 2 is 2.00 bits per heavy atom. The third kappa shape index (κ3) is 3.21. The Labute approximate surface area is 140 Å². The van der Waals surface area contributed by atoms with Gasteiger partial charge in [-0.1, -0.05) is 0 Å². The van der Waals surface area contributed by atoms with Crippen molar-refractivity contribution in [3.05, 3.63) is 23.8 Å². The Hall–Kier alpha value is -2.14. The van der Waals surface area contributed by atoms with Crippen LogP contribution in [-0.4, -0.2) is 44.8 Å². The lowest BCUT2D eigenvalue weighted by atomic mass is 10.1. The molecule has 1 fully saturated rings. The van der Waals surface area contributed by atoms with Crippen LogP contribution in [0.3, 0.4) is 0 Å². The second-order valence-corrected chi connectivity index (χ2v) is 7.91. The van der Waals surface area contributed by atoms with Crippen LogP contribution in [0.1, 0.15) is 18.1 Å². The molecule has 25 heavy (non-hydrogen) atoms. The van der Waals surface area contributed by atoms with E-state index in [1.165, 1.54) is 12.1 Å². The van der Waals surface area contributed by atoms with Gasteiger partial charge in [0.25, 0.3) is 5.91 Å². The average Bonchev–Trinajstić information content (AvgIpc) is 3.15. The first-order chi connectivity index (χ1) is 11.6. The molecule has 1 unspecified atom stereocenters. The molecule has 2 heterocycles. The summed E-state index contributed by atoms with van der Waals surface area (Å²) in [4.78, 5) is 22.7. The normalized spacial score (nSPS) is 23.2. The Morgan fingerprint density at radius 3 is 2.60 bits per heavy atom. The van der Waals surface area contributed by atoms with Crippen molar-refractivity contribution in [1.82, 2.24) is 5.32 Å². The van der Waals surface area contributed by atoms with Gasteiger partial charge in [0.1, 0.15) is 0 Å². The number of benzene rings is 1. The van der Waals surface area contributed by atoms with Crippen molar-refractivity contribution in [3.8, 4) is 0 Å². The highest BCUT2D eigenvalue weighted by molar-refractivity contribution is 7.92. The number of halogens is 3. The van der Waals surface area contributed by atoms with E-state index < -0.39 is 39.2 Å². The predicted octanol–water partition coefficient (Wildman–Crippen LogP) is 0.921. The van der Waals surface area contributed by atoms with Crippen molar-refractivity contribution in [2.75, 3.05) is 18.4 Å². The molecule has 0 aromatic heterocycles. The lowest BCUT2D eigenvalue weighted by molar-refractivity contribution is -0.205. The highest BCUT2D eigenvalue weighted by atomic mass is 32.2. The molecule has 0 saturated carbocycles. The zero-order valence-electron chi connectivity index (χ0n) is 12.6. The molecular weight excluding hydrogens is 365 g/mol. The summed E-state index contributed by atoms with van der Waals surface area (Å²) in [6.07, 6.45) is -6.70. The molecular formula is C14H13F3N2O5S. The maximum atomic E-state index is 12.6. The molecule has 11 heteroatoms. The first-order valence-electron chi connectivity index (χ1n) is 7.28.